The number of nitrogens with one attached hydrogen (secondary N) is 2. The van der Waals surface area contributed by atoms with Gasteiger partial charge in [0.25, 0.3) is 5.91 Å². The molecule has 1 aliphatic heterocycles. The zero-order valence-corrected chi connectivity index (χ0v) is 15.8. The van der Waals surface area contributed by atoms with Crippen molar-refractivity contribution < 1.29 is 9.59 Å². The van der Waals surface area contributed by atoms with Crippen molar-refractivity contribution in [2.24, 2.45) is 0 Å². The third-order valence-corrected chi connectivity index (χ3v) is 5.06. The van der Waals surface area contributed by atoms with E-state index in [1.807, 2.05) is 42.5 Å². The first-order chi connectivity index (χ1) is 13.6. The van der Waals surface area contributed by atoms with Crippen molar-refractivity contribution in [1.29, 1.82) is 0 Å². The molecule has 0 saturated carbocycles. The SMILES string of the molecule is C[C@H](NC(=O)c1cc2ccccc2[nH]1)C(=O)N1CCN(c2ccccn2)CC1. The van der Waals surface area contributed by atoms with Crippen LogP contribution in [0.4, 0.5) is 5.82 Å². The molecule has 7 heteroatoms. The van der Waals surface area contributed by atoms with Gasteiger partial charge in [-0.05, 0) is 31.2 Å². The molecule has 7 nitrogen and oxygen atoms in total. The van der Waals surface area contributed by atoms with Gasteiger partial charge in [-0.2, -0.15) is 0 Å². The summed E-state index contributed by atoms with van der Waals surface area (Å²) in [6.45, 7) is 4.41. The van der Waals surface area contributed by atoms with E-state index < -0.39 is 6.04 Å². The number of amides is 2. The van der Waals surface area contributed by atoms with Crippen LogP contribution >= 0.6 is 0 Å². The van der Waals surface area contributed by atoms with Crippen LogP contribution < -0.4 is 10.2 Å². The Morgan fingerprint density at radius 3 is 2.54 bits per heavy atom. The second kappa shape index (κ2) is 7.72. The van der Waals surface area contributed by atoms with E-state index >= 15 is 0 Å². The molecule has 1 fully saturated rings. The molecule has 1 atom stereocenters. The van der Waals surface area contributed by atoms with Crippen LogP contribution in [0.2, 0.25) is 0 Å². The summed E-state index contributed by atoms with van der Waals surface area (Å²) < 4.78 is 0. The molecule has 2 N–H and O–H groups in total. The molecule has 2 amide bonds. The van der Waals surface area contributed by atoms with Crippen LogP contribution in [0.5, 0.6) is 0 Å². The first kappa shape index (κ1) is 18.0. The molecule has 0 bridgehead atoms. The largest absolute Gasteiger partial charge is 0.353 e. The molecule has 0 radical (unpaired) electrons. The van der Waals surface area contributed by atoms with Crippen molar-refractivity contribution in [1.82, 2.24) is 20.2 Å². The lowest BCUT2D eigenvalue weighted by molar-refractivity contribution is -0.133. The number of carbonyl (C=O) groups excluding carboxylic acids is 2. The van der Waals surface area contributed by atoms with Crippen molar-refractivity contribution >= 4 is 28.5 Å². The molecule has 2 aromatic heterocycles. The van der Waals surface area contributed by atoms with Crippen molar-refractivity contribution in [2.75, 3.05) is 31.1 Å². The van der Waals surface area contributed by atoms with Gasteiger partial charge in [0.15, 0.2) is 0 Å². The lowest BCUT2D eigenvalue weighted by Gasteiger charge is -2.36. The van der Waals surface area contributed by atoms with Gasteiger partial charge in [0, 0.05) is 43.3 Å². The highest BCUT2D eigenvalue weighted by Crippen LogP contribution is 2.15. The molecule has 0 spiro atoms. The zero-order chi connectivity index (χ0) is 19.5. The zero-order valence-electron chi connectivity index (χ0n) is 15.8. The van der Waals surface area contributed by atoms with Gasteiger partial charge in [-0.25, -0.2) is 4.98 Å². The highest BCUT2D eigenvalue weighted by Gasteiger charge is 2.26. The number of H-pyrrole nitrogens is 1. The Balaban J connectivity index is 1.34. The van der Waals surface area contributed by atoms with E-state index in [1.165, 1.54) is 0 Å². The number of para-hydroxylation sites is 1. The minimum absolute atomic E-state index is 0.0647. The van der Waals surface area contributed by atoms with E-state index in [0.29, 0.717) is 18.8 Å². The van der Waals surface area contributed by atoms with Crippen LogP contribution in [-0.4, -0.2) is 58.9 Å². The highest BCUT2D eigenvalue weighted by atomic mass is 16.2. The van der Waals surface area contributed by atoms with Crippen LogP contribution in [0.25, 0.3) is 10.9 Å². The van der Waals surface area contributed by atoms with Gasteiger partial charge < -0.3 is 20.1 Å². The van der Waals surface area contributed by atoms with Gasteiger partial charge in [-0.1, -0.05) is 24.3 Å². The van der Waals surface area contributed by atoms with Crippen LogP contribution in [0.1, 0.15) is 17.4 Å². The Labute approximate surface area is 163 Å². The van der Waals surface area contributed by atoms with E-state index in [1.54, 1.807) is 24.1 Å². The summed E-state index contributed by atoms with van der Waals surface area (Å²) in [4.78, 5) is 36.7. The number of aromatic amines is 1. The van der Waals surface area contributed by atoms with Crippen LogP contribution in [0.15, 0.2) is 54.7 Å². The van der Waals surface area contributed by atoms with Crippen molar-refractivity contribution in [3.63, 3.8) is 0 Å². The monoisotopic (exact) mass is 377 g/mol. The Bertz CT molecular complexity index is 944. The second-order valence-corrected chi connectivity index (χ2v) is 6.97. The number of hydrogen-bond acceptors (Lipinski definition) is 4. The molecule has 0 unspecified atom stereocenters. The summed E-state index contributed by atoms with van der Waals surface area (Å²) in [5, 5.41) is 3.78. The van der Waals surface area contributed by atoms with Crippen molar-refractivity contribution in [3.05, 3.63) is 60.4 Å². The maximum Gasteiger partial charge on any atom is 0.268 e. The Morgan fingerprint density at radius 2 is 1.82 bits per heavy atom. The average molecular weight is 377 g/mol. The van der Waals surface area contributed by atoms with E-state index in [0.717, 1.165) is 29.8 Å². The molecule has 3 aromatic rings. The predicted molar refractivity (Wildman–Crippen MR) is 108 cm³/mol. The highest BCUT2D eigenvalue weighted by molar-refractivity contribution is 6.00. The fraction of sp³-hybridized carbons (Fsp3) is 0.286. The number of anilines is 1. The third kappa shape index (κ3) is 3.69. The number of aromatic nitrogens is 2. The fourth-order valence-corrected chi connectivity index (χ4v) is 3.50. The fourth-order valence-electron chi connectivity index (χ4n) is 3.50. The molecule has 1 aliphatic rings. The minimum atomic E-state index is -0.583. The number of nitrogens with zero attached hydrogens (tertiary/aromatic N) is 3. The third-order valence-electron chi connectivity index (χ3n) is 5.06. The van der Waals surface area contributed by atoms with E-state index in [-0.39, 0.29) is 11.8 Å². The maximum atomic E-state index is 12.7. The Kier molecular flexibility index (Phi) is 4.97. The van der Waals surface area contributed by atoms with Crippen molar-refractivity contribution in [2.45, 2.75) is 13.0 Å². The smallest absolute Gasteiger partial charge is 0.268 e. The van der Waals surface area contributed by atoms with Gasteiger partial charge in [-0.3, -0.25) is 9.59 Å². The summed E-state index contributed by atoms with van der Waals surface area (Å²) in [6, 6.07) is 14.7. The molecule has 0 aliphatic carbocycles. The standard InChI is InChI=1S/C21H23N5O2/c1-15(23-20(27)18-14-16-6-2-3-7-17(16)24-18)21(28)26-12-10-25(11-13-26)19-8-4-5-9-22-19/h2-9,14-15,24H,10-13H2,1H3,(H,23,27)/t15-/m0/s1. The molecule has 28 heavy (non-hydrogen) atoms. The second-order valence-electron chi connectivity index (χ2n) is 6.97. The van der Waals surface area contributed by atoms with Crippen LogP contribution in [-0.2, 0) is 4.79 Å². The quantitative estimate of drug-likeness (QED) is 0.729. The Morgan fingerprint density at radius 1 is 1.07 bits per heavy atom. The van der Waals surface area contributed by atoms with E-state index in [9.17, 15) is 9.59 Å². The van der Waals surface area contributed by atoms with E-state index in [2.05, 4.69) is 20.2 Å². The summed E-state index contributed by atoms with van der Waals surface area (Å²) in [5.41, 5.74) is 1.36. The number of benzene rings is 1. The first-order valence-corrected chi connectivity index (χ1v) is 9.45. The van der Waals surface area contributed by atoms with Gasteiger partial charge >= 0.3 is 0 Å². The summed E-state index contributed by atoms with van der Waals surface area (Å²) in [5.74, 6) is 0.587. The molecule has 1 saturated heterocycles. The topological polar surface area (TPSA) is 81.3 Å². The number of rotatable bonds is 4. The Hall–Kier alpha value is -3.35. The molecular formula is C21H23N5O2. The summed E-state index contributed by atoms with van der Waals surface area (Å²) >= 11 is 0. The van der Waals surface area contributed by atoms with E-state index in [4.69, 9.17) is 0 Å². The summed E-state index contributed by atoms with van der Waals surface area (Å²) in [6.07, 6.45) is 1.77. The summed E-state index contributed by atoms with van der Waals surface area (Å²) in [7, 11) is 0. The predicted octanol–water partition coefficient (Wildman–Crippen LogP) is 2.03. The van der Waals surface area contributed by atoms with Gasteiger partial charge in [0.05, 0.1) is 0 Å². The normalized spacial score (nSPS) is 15.5. The van der Waals surface area contributed by atoms with Gasteiger partial charge in [0.1, 0.15) is 17.6 Å². The van der Waals surface area contributed by atoms with Crippen LogP contribution in [0.3, 0.4) is 0 Å². The molecule has 3 heterocycles. The molecule has 1 aromatic carbocycles. The first-order valence-electron chi connectivity index (χ1n) is 9.45. The van der Waals surface area contributed by atoms with Gasteiger partial charge in [0.2, 0.25) is 5.91 Å². The van der Waals surface area contributed by atoms with Crippen molar-refractivity contribution in [3.8, 4) is 0 Å². The van der Waals surface area contributed by atoms with Crippen LogP contribution in [0, 0.1) is 0 Å². The molecule has 144 valence electrons. The number of pyridine rings is 1. The number of fused-ring (bicyclic) bond motifs is 1. The maximum absolute atomic E-state index is 12.7. The van der Waals surface area contributed by atoms with Gasteiger partial charge in [-0.15, -0.1) is 0 Å². The average Bonchev–Trinajstić information content (AvgIpc) is 3.18. The molecular weight excluding hydrogens is 354 g/mol. The lowest BCUT2D eigenvalue weighted by atomic mass is 10.2. The lowest BCUT2D eigenvalue weighted by Crippen LogP contribution is -2.54. The minimum Gasteiger partial charge on any atom is -0.353 e. The number of hydrogen-bond donors (Lipinski definition) is 2. The number of piperazine rings is 1. The number of carbonyl (C=O) groups is 2. The molecule has 4 rings (SSSR count).